The molecule has 188 valence electrons. The maximum absolute atomic E-state index is 13.1. The Morgan fingerprint density at radius 1 is 1.22 bits per heavy atom. The molecule has 0 radical (unpaired) electrons. The first-order valence-corrected chi connectivity index (χ1v) is 13.4. The number of fused-ring (bicyclic) bond motifs is 1. The Balaban J connectivity index is 1.27. The summed E-state index contributed by atoms with van der Waals surface area (Å²) in [6.45, 7) is 1.39. The standard InChI is InChI=1S/C26H24N6O3S2/c1-32-22-19(12-20(25(32)34)23(33)30-14-18-4-2-17(13-27)3-5-18)6-9-29-24(22)35-16-26(7-8-26)37-31-15-21-28-10-11-36-21/h2-6,9-12,31H,7-8,14-16H2,1H3,(H,30,33). The van der Waals surface area contributed by atoms with E-state index >= 15 is 0 Å². The largest absolute Gasteiger partial charge is 0.475 e. The van der Waals surface area contributed by atoms with Gasteiger partial charge in [0.1, 0.15) is 22.7 Å². The van der Waals surface area contributed by atoms with Crippen molar-refractivity contribution in [1.29, 1.82) is 5.26 Å². The Morgan fingerprint density at radius 2 is 2.03 bits per heavy atom. The van der Waals surface area contributed by atoms with Crippen LogP contribution in [0.25, 0.3) is 10.9 Å². The summed E-state index contributed by atoms with van der Waals surface area (Å²) in [5, 5.41) is 15.4. The number of aryl methyl sites for hydroxylation is 1. The number of hydrogen-bond acceptors (Lipinski definition) is 9. The highest BCUT2D eigenvalue weighted by atomic mass is 32.2. The molecule has 5 rings (SSSR count). The lowest BCUT2D eigenvalue weighted by Gasteiger charge is -2.17. The number of amides is 1. The van der Waals surface area contributed by atoms with E-state index in [4.69, 9.17) is 10.00 Å². The summed E-state index contributed by atoms with van der Waals surface area (Å²) >= 11 is 3.27. The number of hydrogen-bond donors (Lipinski definition) is 2. The molecular weight excluding hydrogens is 508 g/mol. The van der Waals surface area contributed by atoms with Gasteiger partial charge in [0, 0.05) is 36.8 Å². The van der Waals surface area contributed by atoms with Crippen LogP contribution in [-0.2, 0) is 20.1 Å². The van der Waals surface area contributed by atoms with Crippen molar-refractivity contribution in [3.8, 4) is 11.9 Å². The Bertz CT molecular complexity index is 1520. The quantitative estimate of drug-likeness (QED) is 0.298. The third-order valence-electron chi connectivity index (χ3n) is 6.15. The van der Waals surface area contributed by atoms with Crippen LogP contribution in [-0.4, -0.2) is 31.8 Å². The maximum atomic E-state index is 13.1. The topological polar surface area (TPSA) is 122 Å². The van der Waals surface area contributed by atoms with Gasteiger partial charge in [0.2, 0.25) is 5.88 Å². The van der Waals surface area contributed by atoms with Gasteiger partial charge in [-0.15, -0.1) is 11.3 Å². The Kier molecular flexibility index (Phi) is 7.23. The second kappa shape index (κ2) is 10.7. The molecule has 11 heteroatoms. The van der Waals surface area contributed by atoms with Gasteiger partial charge in [-0.05, 0) is 42.7 Å². The average molecular weight is 533 g/mol. The van der Waals surface area contributed by atoms with Crippen LogP contribution >= 0.6 is 23.3 Å². The predicted molar refractivity (Wildman–Crippen MR) is 143 cm³/mol. The number of pyridine rings is 2. The molecule has 0 atom stereocenters. The summed E-state index contributed by atoms with van der Waals surface area (Å²) in [4.78, 5) is 34.6. The summed E-state index contributed by atoms with van der Waals surface area (Å²) < 4.78 is 10.9. The van der Waals surface area contributed by atoms with E-state index in [0.29, 0.717) is 35.5 Å². The van der Waals surface area contributed by atoms with Crippen LogP contribution in [0.5, 0.6) is 5.88 Å². The summed E-state index contributed by atoms with van der Waals surface area (Å²) in [7, 11) is 1.62. The first-order valence-electron chi connectivity index (χ1n) is 11.7. The molecule has 0 bridgehead atoms. The van der Waals surface area contributed by atoms with Crippen molar-refractivity contribution < 1.29 is 9.53 Å². The Labute approximate surface area is 221 Å². The lowest BCUT2D eigenvalue weighted by atomic mass is 10.1. The minimum absolute atomic E-state index is 0.0365. The molecule has 0 aliphatic heterocycles. The van der Waals surface area contributed by atoms with Gasteiger partial charge in [-0.2, -0.15) is 5.26 Å². The second-order valence-electron chi connectivity index (χ2n) is 8.79. The zero-order valence-corrected chi connectivity index (χ0v) is 21.7. The van der Waals surface area contributed by atoms with E-state index in [1.54, 1.807) is 79.1 Å². The van der Waals surface area contributed by atoms with Crippen molar-refractivity contribution in [2.45, 2.75) is 30.7 Å². The molecule has 9 nitrogen and oxygen atoms in total. The van der Waals surface area contributed by atoms with Crippen LogP contribution in [0.4, 0.5) is 0 Å². The van der Waals surface area contributed by atoms with Gasteiger partial charge in [-0.25, -0.2) is 9.97 Å². The zero-order chi connectivity index (χ0) is 25.8. The highest BCUT2D eigenvalue weighted by Crippen LogP contribution is 2.47. The molecule has 0 unspecified atom stereocenters. The Hall–Kier alpha value is -3.72. The number of nitrogens with zero attached hydrogens (tertiary/aromatic N) is 4. The van der Waals surface area contributed by atoms with Gasteiger partial charge in [-0.3, -0.25) is 14.3 Å². The summed E-state index contributed by atoms with van der Waals surface area (Å²) in [5.74, 6) is -0.0979. The molecule has 1 amide bonds. The molecule has 1 aromatic carbocycles. The molecular formula is C26H24N6O3S2. The molecule has 1 aliphatic carbocycles. The monoisotopic (exact) mass is 532 g/mol. The van der Waals surface area contributed by atoms with Crippen LogP contribution in [0.1, 0.15) is 39.3 Å². The van der Waals surface area contributed by atoms with Crippen LogP contribution in [0.2, 0.25) is 0 Å². The van der Waals surface area contributed by atoms with Gasteiger partial charge in [0.05, 0.1) is 22.9 Å². The normalized spacial score (nSPS) is 13.7. The molecule has 1 fully saturated rings. The summed E-state index contributed by atoms with van der Waals surface area (Å²) in [5.41, 5.74) is 1.54. The third kappa shape index (κ3) is 5.67. The van der Waals surface area contributed by atoms with Gasteiger partial charge >= 0.3 is 0 Å². The van der Waals surface area contributed by atoms with E-state index in [2.05, 4.69) is 26.1 Å². The fourth-order valence-electron chi connectivity index (χ4n) is 3.85. The smallest absolute Gasteiger partial charge is 0.263 e. The predicted octanol–water partition coefficient (Wildman–Crippen LogP) is 3.54. The fraction of sp³-hybridized carbons (Fsp3) is 0.269. The van der Waals surface area contributed by atoms with Gasteiger partial charge in [-0.1, -0.05) is 24.1 Å². The highest BCUT2D eigenvalue weighted by molar-refractivity contribution is 7.99. The summed E-state index contributed by atoms with van der Waals surface area (Å²) in [6.07, 6.45) is 5.46. The van der Waals surface area contributed by atoms with E-state index < -0.39 is 11.5 Å². The van der Waals surface area contributed by atoms with E-state index in [0.717, 1.165) is 23.4 Å². The number of carbonyl (C=O) groups is 1. The molecule has 0 spiro atoms. The van der Waals surface area contributed by atoms with E-state index in [-0.39, 0.29) is 16.9 Å². The van der Waals surface area contributed by atoms with Crippen LogP contribution < -0.4 is 20.3 Å². The fourth-order valence-corrected chi connectivity index (χ4v) is 5.44. The maximum Gasteiger partial charge on any atom is 0.263 e. The SMILES string of the molecule is Cn1c(=O)c(C(=O)NCc2ccc(C#N)cc2)cc2ccnc(OCC3(SNCc4nccs4)CC3)c21. The van der Waals surface area contributed by atoms with E-state index in [1.165, 1.54) is 4.57 Å². The van der Waals surface area contributed by atoms with Crippen molar-refractivity contribution in [3.05, 3.63) is 86.2 Å². The van der Waals surface area contributed by atoms with Gasteiger partial charge in [0.25, 0.3) is 11.5 Å². The molecule has 0 saturated heterocycles. The van der Waals surface area contributed by atoms with Crippen molar-refractivity contribution in [2.24, 2.45) is 7.05 Å². The molecule has 3 aromatic heterocycles. The van der Waals surface area contributed by atoms with Crippen molar-refractivity contribution in [2.75, 3.05) is 6.61 Å². The van der Waals surface area contributed by atoms with E-state index in [1.807, 2.05) is 5.38 Å². The summed E-state index contributed by atoms with van der Waals surface area (Å²) in [6, 6.07) is 12.3. The minimum Gasteiger partial charge on any atom is -0.475 e. The number of nitriles is 1. The van der Waals surface area contributed by atoms with Crippen molar-refractivity contribution >= 4 is 40.1 Å². The molecule has 1 saturated carbocycles. The Morgan fingerprint density at radius 3 is 2.73 bits per heavy atom. The van der Waals surface area contributed by atoms with Gasteiger partial charge < -0.3 is 14.6 Å². The second-order valence-corrected chi connectivity index (χ2v) is 11.1. The average Bonchev–Trinajstić information content (AvgIpc) is 3.49. The minimum atomic E-state index is -0.467. The van der Waals surface area contributed by atoms with E-state index in [9.17, 15) is 9.59 Å². The number of rotatable bonds is 10. The molecule has 3 heterocycles. The third-order valence-corrected chi connectivity index (χ3v) is 8.18. The molecule has 1 aliphatic rings. The highest BCUT2D eigenvalue weighted by Gasteiger charge is 2.45. The molecule has 37 heavy (non-hydrogen) atoms. The number of carbonyl (C=O) groups excluding carboxylic acids is 1. The lowest BCUT2D eigenvalue weighted by Crippen LogP contribution is -2.32. The number of ether oxygens (including phenoxy) is 1. The van der Waals surface area contributed by atoms with Gasteiger partial charge in [0.15, 0.2) is 0 Å². The number of nitrogens with one attached hydrogen (secondary N) is 2. The van der Waals surface area contributed by atoms with Crippen molar-refractivity contribution in [3.63, 3.8) is 0 Å². The molecule has 4 aromatic rings. The molecule has 2 N–H and O–H groups in total. The van der Waals surface area contributed by atoms with Crippen molar-refractivity contribution in [1.82, 2.24) is 24.6 Å². The number of benzene rings is 1. The van der Waals surface area contributed by atoms with Crippen LogP contribution in [0.15, 0.2) is 59.0 Å². The first-order chi connectivity index (χ1) is 18.0. The van der Waals surface area contributed by atoms with Crippen LogP contribution in [0, 0.1) is 11.3 Å². The zero-order valence-electron chi connectivity index (χ0n) is 20.1. The first kappa shape index (κ1) is 25.0. The lowest BCUT2D eigenvalue weighted by molar-refractivity contribution is 0.0949. The van der Waals surface area contributed by atoms with Crippen LogP contribution in [0.3, 0.4) is 0 Å². The number of thiazole rings is 1. The number of aromatic nitrogens is 3.